The fourth-order valence-corrected chi connectivity index (χ4v) is 4.46. The third-order valence-electron chi connectivity index (χ3n) is 3.67. The molecular weight excluding hydrogens is 361 g/mol. The van der Waals surface area contributed by atoms with Gasteiger partial charge in [0.15, 0.2) is 5.76 Å². The van der Waals surface area contributed by atoms with Crippen LogP contribution in [-0.4, -0.2) is 16.1 Å². The Bertz CT molecular complexity index is 1090. The van der Waals surface area contributed by atoms with E-state index in [4.69, 9.17) is 9.52 Å². The first kappa shape index (κ1) is 16.0. The smallest absolute Gasteiger partial charge is 0.309 e. The SMILES string of the molecule is Cc1ccc(-c2oc(-c3cc4ccc(F)cc4s3)nc2CC(=O)O)s1. The van der Waals surface area contributed by atoms with E-state index in [0.29, 0.717) is 17.3 Å². The minimum atomic E-state index is -0.965. The number of hydrogen-bond donors (Lipinski definition) is 1. The van der Waals surface area contributed by atoms with Gasteiger partial charge in [-0.25, -0.2) is 9.37 Å². The number of fused-ring (bicyclic) bond motifs is 1. The van der Waals surface area contributed by atoms with Crippen molar-refractivity contribution in [2.24, 2.45) is 0 Å². The molecule has 0 amide bonds. The minimum Gasteiger partial charge on any atom is -0.481 e. The zero-order valence-corrected chi connectivity index (χ0v) is 14.7. The molecule has 0 saturated carbocycles. The summed E-state index contributed by atoms with van der Waals surface area (Å²) in [5.74, 6) is -0.416. The Hall–Kier alpha value is -2.51. The van der Waals surface area contributed by atoms with Crippen molar-refractivity contribution >= 4 is 38.7 Å². The number of carboxylic acids is 1. The van der Waals surface area contributed by atoms with Crippen molar-refractivity contribution in [1.29, 1.82) is 0 Å². The van der Waals surface area contributed by atoms with E-state index < -0.39 is 5.97 Å². The second kappa shape index (κ2) is 6.09. The third-order valence-corrected chi connectivity index (χ3v) is 5.76. The highest BCUT2D eigenvalue weighted by molar-refractivity contribution is 7.22. The van der Waals surface area contributed by atoms with Crippen LogP contribution in [0.1, 0.15) is 10.6 Å². The molecule has 0 bridgehead atoms. The largest absolute Gasteiger partial charge is 0.481 e. The Balaban J connectivity index is 1.83. The maximum absolute atomic E-state index is 13.4. The molecular formula is C18H12FNO3S2. The van der Waals surface area contributed by atoms with E-state index in [1.165, 1.54) is 34.8 Å². The van der Waals surface area contributed by atoms with E-state index >= 15 is 0 Å². The van der Waals surface area contributed by atoms with Crippen molar-refractivity contribution in [2.45, 2.75) is 13.3 Å². The lowest BCUT2D eigenvalue weighted by molar-refractivity contribution is -0.136. The molecule has 4 aromatic rings. The number of aromatic nitrogens is 1. The molecule has 0 saturated heterocycles. The first-order valence-electron chi connectivity index (χ1n) is 7.47. The van der Waals surface area contributed by atoms with E-state index in [1.54, 1.807) is 6.07 Å². The second-order valence-corrected chi connectivity index (χ2v) is 7.94. The van der Waals surface area contributed by atoms with Crippen LogP contribution in [0.2, 0.25) is 0 Å². The van der Waals surface area contributed by atoms with Gasteiger partial charge >= 0.3 is 5.97 Å². The lowest BCUT2D eigenvalue weighted by Crippen LogP contribution is -2.01. The molecule has 4 nitrogen and oxygen atoms in total. The molecule has 0 fully saturated rings. The highest BCUT2D eigenvalue weighted by atomic mass is 32.1. The quantitative estimate of drug-likeness (QED) is 0.523. The third kappa shape index (κ3) is 3.08. The number of halogens is 1. The lowest BCUT2D eigenvalue weighted by atomic mass is 10.2. The zero-order valence-electron chi connectivity index (χ0n) is 13.1. The summed E-state index contributed by atoms with van der Waals surface area (Å²) in [6.07, 6.45) is -0.213. The normalized spacial score (nSPS) is 11.3. The van der Waals surface area contributed by atoms with E-state index in [2.05, 4.69) is 4.98 Å². The maximum Gasteiger partial charge on any atom is 0.309 e. The Morgan fingerprint density at radius 3 is 2.76 bits per heavy atom. The van der Waals surface area contributed by atoms with E-state index in [9.17, 15) is 9.18 Å². The first-order valence-corrected chi connectivity index (χ1v) is 9.10. The summed E-state index contributed by atoms with van der Waals surface area (Å²) in [6, 6.07) is 10.3. The lowest BCUT2D eigenvalue weighted by Gasteiger charge is -1.94. The number of thiophene rings is 2. The molecule has 0 aliphatic carbocycles. The van der Waals surface area contributed by atoms with Gasteiger partial charge < -0.3 is 9.52 Å². The van der Waals surface area contributed by atoms with Crippen LogP contribution in [-0.2, 0) is 11.2 Å². The summed E-state index contributed by atoms with van der Waals surface area (Å²) in [6.45, 7) is 1.98. The van der Waals surface area contributed by atoms with Crippen molar-refractivity contribution in [1.82, 2.24) is 4.98 Å². The van der Waals surface area contributed by atoms with Gasteiger partial charge in [0.25, 0.3) is 0 Å². The summed E-state index contributed by atoms with van der Waals surface area (Å²) < 4.78 is 20.1. The fraction of sp³-hybridized carbons (Fsp3) is 0.111. The van der Waals surface area contributed by atoms with Gasteiger partial charge in [-0.1, -0.05) is 6.07 Å². The number of carbonyl (C=O) groups is 1. The standard InChI is InChI=1S/C18H12FNO3S2/c1-9-2-5-13(24-9)17-12(8-16(21)22)20-18(23-17)15-6-10-3-4-11(19)7-14(10)25-15/h2-7H,8H2,1H3,(H,21,22). The Labute approximate surface area is 150 Å². The topological polar surface area (TPSA) is 63.3 Å². The molecule has 25 heavy (non-hydrogen) atoms. The predicted molar refractivity (Wildman–Crippen MR) is 96.7 cm³/mol. The van der Waals surface area contributed by atoms with Crippen LogP contribution < -0.4 is 0 Å². The molecule has 0 atom stereocenters. The highest BCUT2D eigenvalue weighted by Gasteiger charge is 2.21. The van der Waals surface area contributed by atoms with Crippen LogP contribution in [0.5, 0.6) is 0 Å². The maximum atomic E-state index is 13.4. The Kier molecular flexibility index (Phi) is 3.89. The summed E-state index contributed by atoms with van der Waals surface area (Å²) >= 11 is 2.89. The molecule has 0 spiro atoms. The van der Waals surface area contributed by atoms with Gasteiger partial charge in [0.1, 0.15) is 5.82 Å². The summed E-state index contributed by atoms with van der Waals surface area (Å²) in [5, 5.41) is 10.0. The molecule has 1 N–H and O–H groups in total. The monoisotopic (exact) mass is 373 g/mol. The molecule has 3 aromatic heterocycles. The van der Waals surface area contributed by atoms with E-state index in [1.807, 2.05) is 25.1 Å². The van der Waals surface area contributed by atoms with Gasteiger partial charge in [0.05, 0.1) is 21.9 Å². The summed E-state index contributed by atoms with van der Waals surface area (Å²) in [4.78, 5) is 18.3. The van der Waals surface area contributed by atoms with Crippen LogP contribution in [0, 0.1) is 12.7 Å². The molecule has 0 unspecified atom stereocenters. The molecule has 1 aromatic carbocycles. The predicted octanol–water partition coefficient (Wildman–Crippen LogP) is 5.36. The van der Waals surface area contributed by atoms with Crippen LogP contribution in [0.25, 0.3) is 31.5 Å². The number of oxazole rings is 1. The molecule has 0 radical (unpaired) electrons. The molecule has 3 heterocycles. The highest BCUT2D eigenvalue weighted by Crippen LogP contribution is 2.38. The number of aliphatic carboxylic acids is 1. The number of benzene rings is 1. The molecule has 0 aliphatic heterocycles. The van der Waals surface area contributed by atoms with Crippen molar-refractivity contribution < 1.29 is 18.7 Å². The van der Waals surface area contributed by atoms with Gasteiger partial charge in [-0.05, 0) is 42.6 Å². The van der Waals surface area contributed by atoms with Crippen molar-refractivity contribution in [2.75, 3.05) is 0 Å². The molecule has 0 aliphatic rings. The van der Waals surface area contributed by atoms with E-state index in [-0.39, 0.29) is 12.2 Å². The second-order valence-electron chi connectivity index (χ2n) is 5.57. The zero-order chi connectivity index (χ0) is 17.6. The van der Waals surface area contributed by atoms with Crippen LogP contribution >= 0.6 is 22.7 Å². The average molecular weight is 373 g/mol. The summed E-state index contributed by atoms with van der Waals surface area (Å²) in [5.41, 5.74) is 0.396. The van der Waals surface area contributed by atoms with Crippen molar-refractivity contribution in [3.63, 3.8) is 0 Å². The molecule has 7 heteroatoms. The van der Waals surface area contributed by atoms with Crippen LogP contribution in [0.3, 0.4) is 0 Å². The van der Waals surface area contributed by atoms with Gasteiger partial charge in [0, 0.05) is 9.58 Å². The molecule has 4 rings (SSSR count). The first-order chi connectivity index (χ1) is 12.0. The van der Waals surface area contributed by atoms with Gasteiger partial charge in [-0.15, -0.1) is 22.7 Å². The minimum absolute atomic E-state index is 0.213. The average Bonchev–Trinajstić information content (AvgIpc) is 3.24. The number of hydrogen-bond acceptors (Lipinski definition) is 5. The van der Waals surface area contributed by atoms with E-state index in [0.717, 1.165) is 24.7 Å². The summed E-state index contributed by atoms with van der Waals surface area (Å²) in [7, 11) is 0. The van der Waals surface area contributed by atoms with Gasteiger partial charge in [-0.2, -0.15) is 0 Å². The van der Waals surface area contributed by atoms with Crippen LogP contribution in [0.15, 0.2) is 40.8 Å². The number of aryl methyl sites for hydroxylation is 1. The van der Waals surface area contributed by atoms with Gasteiger partial charge in [-0.3, -0.25) is 4.79 Å². The number of carboxylic acid groups (broad SMARTS) is 1. The van der Waals surface area contributed by atoms with Crippen LogP contribution in [0.4, 0.5) is 4.39 Å². The number of rotatable bonds is 4. The molecule has 126 valence electrons. The Morgan fingerprint density at radius 2 is 2.04 bits per heavy atom. The van der Waals surface area contributed by atoms with Crippen molar-refractivity contribution in [3.8, 4) is 21.4 Å². The fourth-order valence-electron chi connectivity index (χ4n) is 2.58. The van der Waals surface area contributed by atoms with Gasteiger partial charge in [0.2, 0.25) is 5.89 Å². The number of nitrogens with zero attached hydrogens (tertiary/aromatic N) is 1. The van der Waals surface area contributed by atoms with Crippen molar-refractivity contribution in [3.05, 3.63) is 52.8 Å². The Morgan fingerprint density at radius 1 is 1.20 bits per heavy atom.